The van der Waals surface area contributed by atoms with E-state index in [2.05, 4.69) is 15.2 Å². The fraction of sp³-hybridized carbons (Fsp3) is 0.400. The Kier molecular flexibility index (Phi) is 4.40. The van der Waals surface area contributed by atoms with Gasteiger partial charge in [0.1, 0.15) is 12.4 Å². The van der Waals surface area contributed by atoms with Crippen LogP contribution in [0.3, 0.4) is 0 Å². The SMILES string of the molecule is Cc1cc(NC(=O)c2cccnc2)ccc1OCC1CN1CC1CC1. The van der Waals surface area contributed by atoms with Crippen LogP contribution >= 0.6 is 0 Å². The van der Waals surface area contributed by atoms with E-state index in [-0.39, 0.29) is 5.91 Å². The van der Waals surface area contributed by atoms with Gasteiger partial charge in [0.25, 0.3) is 5.91 Å². The zero-order valence-electron chi connectivity index (χ0n) is 14.4. The van der Waals surface area contributed by atoms with Gasteiger partial charge in [0, 0.05) is 31.2 Å². The fourth-order valence-corrected chi connectivity index (χ4v) is 3.01. The molecule has 1 amide bonds. The summed E-state index contributed by atoms with van der Waals surface area (Å²) in [5.41, 5.74) is 2.34. The summed E-state index contributed by atoms with van der Waals surface area (Å²) in [6, 6.07) is 9.83. The first kappa shape index (κ1) is 16.1. The molecule has 2 unspecified atom stereocenters. The minimum atomic E-state index is -0.158. The van der Waals surface area contributed by atoms with Crippen LogP contribution in [0.2, 0.25) is 0 Å². The number of carbonyl (C=O) groups is 1. The lowest BCUT2D eigenvalue weighted by Gasteiger charge is -2.11. The van der Waals surface area contributed by atoms with Crippen LogP contribution in [0.15, 0.2) is 42.7 Å². The highest BCUT2D eigenvalue weighted by Crippen LogP contribution is 2.34. The predicted molar refractivity (Wildman–Crippen MR) is 96.9 cm³/mol. The van der Waals surface area contributed by atoms with Crippen LogP contribution in [0.5, 0.6) is 5.75 Å². The number of aromatic nitrogens is 1. The Morgan fingerprint density at radius 1 is 1.36 bits per heavy atom. The lowest BCUT2D eigenvalue weighted by Crippen LogP contribution is -2.14. The highest BCUT2D eigenvalue weighted by Gasteiger charge is 2.38. The van der Waals surface area contributed by atoms with E-state index in [9.17, 15) is 4.79 Å². The van der Waals surface area contributed by atoms with Gasteiger partial charge in [-0.15, -0.1) is 0 Å². The Morgan fingerprint density at radius 3 is 2.96 bits per heavy atom. The van der Waals surface area contributed by atoms with Crippen LogP contribution in [-0.4, -0.2) is 41.5 Å². The molecule has 1 aliphatic heterocycles. The Balaban J connectivity index is 1.30. The molecule has 1 saturated carbocycles. The quantitative estimate of drug-likeness (QED) is 0.789. The number of hydrogen-bond acceptors (Lipinski definition) is 4. The van der Waals surface area contributed by atoms with Gasteiger partial charge < -0.3 is 10.1 Å². The second-order valence-electron chi connectivity index (χ2n) is 7.04. The third kappa shape index (κ3) is 4.17. The van der Waals surface area contributed by atoms with E-state index in [0.717, 1.165) is 36.1 Å². The van der Waals surface area contributed by atoms with Crippen LogP contribution < -0.4 is 10.1 Å². The summed E-state index contributed by atoms with van der Waals surface area (Å²) in [5, 5.41) is 2.90. The van der Waals surface area contributed by atoms with E-state index >= 15 is 0 Å². The van der Waals surface area contributed by atoms with E-state index in [1.165, 1.54) is 19.4 Å². The summed E-state index contributed by atoms with van der Waals surface area (Å²) in [6.45, 7) is 5.15. The lowest BCUT2D eigenvalue weighted by atomic mass is 10.2. The molecular weight excluding hydrogens is 314 g/mol. The van der Waals surface area contributed by atoms with Gasteiger partial charge in [-0.05, 0) is 61.6 Å². The van der Waals surface area contributed by atoms with Crippen LogP contribution in [0.4, 0.5) is 5.69 Å². The monoisotopic (exact) mass is 337 g/mol. The topological polar surface area (TPSA) is 54.2 Å². The number of nitrogens with one attached hydrogen (secondary N) is 1. The minimum absolute atomic E-state index is 0.158. The van der Waals surface area contributed by atoms with Crippen molar-refractivity contribution in [2.75, 3.05) is 25.0 Å². The van der Waals surface area contributed by atoms with Crippen molar-refractivity contribution in [2.24, 2.45) is 5.92 Å². The van der Waals surface area contributed by atoms with Gasteiger partial charge in [-0.1, -0.05) is 0 Å². The van der Waals surface area contributed by atoms with Gasteiger partial charge in [0.15, 0.2) is 0 Å². The molecule has 1 saturated heterocycles. The molecule has 1 N–H and O–H groups in total. The highest BCUT2D eigenvalue weighted by molar-refractivity contribution is 6.04. The number of pyridine rings is 1. The molecule has 2 heterocycles. The molecular formula is C20H23N3O2. The van der Waals surface area contributed by atoms with Crippen molar-refractivity contribution in [1.29, 1.82) is 0 Å². The molecule has 2 fully saturated rings. The Labute approximate surface area is 148 Å². The summed E-state index contributed by atoms with van der Waals surface area (Å²) < 4.78 is 5.97. The summed E-state index contributed by atoms with van der Waals surface area (Å²) in [7, 11) is 0. The molecule has 2 atom stereocenters. The molecule has 5 heteroatoms. The van der Waals surface area contributed by atoms with E-state index < -0.39 is 0 Å². The maximum absolute atomic E-state index is 12.2. The fourth-order valence-electron chi connectivity index (χ4n) is 3.01. The van der Waals surface area contributed by atoms with Crippen molar-refractivity contribution in [3.63, 3.8) is 0 Å². The van der Waals surface area contributed by atoms with Gasteiger partial charge in [0.2, 0.25) is 0 Å². The van der Waals surface area contributed by atoms with Crippen molar-refractivity contribution < 1.29 is 9.53 Å². The minimum Gasteiger partial charge on any atom is -0.492 e. The number of anilines is 1. The second kappa shape index (κ2) is 6.84. The Hall–Kier alpha value is -2.40. The third-order valence-electron chi connectivity index (χ3n) is 4.81. The molecule has 0 spiro atoms. The maximum Gasteiger partial charge on any atom is 0.257 e. The first-order valence-electron chi connectivity index (χ1n) is 8.88. The van der Waals surface area contributed by atoms with E-state index in [0.29, 0.717) is 11.6 Å². The van der Waals surface area contributed by atoms with E-state index in [1.54, 1.807) is 24.5 Å². The molecule has 4 rings (SSSR count). The number of rotatable bonds is 7. The smallest absolute Gasteiger partial charge is 0.257 e. The number of carbonyl (C=O) groups excluding carboxylic acids is 1. The zero-order chi connectivity index (χ0) is 17.2. The summed E-state index contributed by atoms with van der Waals surface area (Å²) >= 11 is 0. The van der Waals surface area contributed by atoms with Gasteiger partial charge in [-0.2, -0.15) is 0 Å². The summed E-state index contributed by atoms with van der Waals surface area (Å²) in [5.74, 6) is 1.67. The number of amides is 1. The standard InChI is InChI=1S/C20H23N3O2/c1-14-9-17(22-20(24)16-3-2-8-21-10-16)6-7-19(14)25-13-18-12-23(18)11-15-4-5-15/h2-3,6-10,15,18H,4-5,11-13H2,1H3,(H,22,24). The normalized spacial score (nSPS) is 21.6. The van der Waals surface area contributed by atoms with Crippen molar-refractivity contribution in [2.45, 2.75) is 25.8 Å². The number of aryl methyl sites for hydroxylation is 1. The van der Waals surface area contributed by atoms with Gasteiger partial charge in [0.05, 0.1) is 11.6 Å². The van der Waals surface area contributed by atoms with Crippen LogP contribution in [-0.2, 0) is 0 Å². The third-order valence-corrected chi connectivity index (χ3v) is 4.81. The molecule has 2 aromatic rings. The summed E-state index contributed by atoms with van der Waals surface area (Å²) in [6.07, 6.45) is 6.01. The Morgan fingerprint density at radius 2 is 2.24 bits per heavy atom. The van der Waals surface area contributed by atoms with Crippen LogP contribution in [0.1, 0.15) is 28.8 Å². The predicted octanol–water partition coefficient (Wildman–Crippen LogP) is 3.12. The average Bonchev–Trinajstić information content (AvgIpc) is 3.54. The molecule has 1 aromatic carbocycles. The molecule has 5 nitrogen and oxygen atoms in total. The first-order valence-corrected chi connectivity index (χ1v) is 8.88. The first-order chi connectivity index (χ1) is 12.2. The molecule has 130 valence electrons. The number of ether oxygens (including phenoxy) is 1. The molecule has 1 aromatic heterocycles. The van der Waals surface area contributed by atoms with Crippen molar-refractivity contribution in [1.82, 2.24) is 9.88 Å². The van der Waals surface area contributed by atoms with Crippen LogP contribution in [0, 0.1) is 12.8 Å². The Bertz CT molecular complexity index is 759. The largest absolute Gasteiger partial charge is 0.492 e. The van der Waals surface area contributed by atoms with Crippen molar-refractivity contribution >= 4 is 11.6 Å². The van der Waals surface area contributed by atoms with Gasteiger partial charge >= 0.3 is 0 Å². The average molecular weight is 337 g/mol. The van der Waals surface area contributed by atoms with Crippen molar-refractivity contribution in [3.8, 4) is 5.75 Å². The summed E-state index contributed by atoms with van der Waals surface area (Å²) in [4.78, 5) is 18.6. The number of benzene rings is 1. The lowest BCUT2D eigenvalue weighted by molar-refractivity contribution is 0.102. The zero-order valence-corrected chi connectivity index (χ0v) is 14.4. The molecule has 0 radical (unpaired) electrons. The number of nitrogens with zero attached hydrogens (tertiary/aromatic N) is 2. The maximum atomic E-state index is 12.2. The van der Waals surface area contributed by atoms with E-state index in [1.807, 2.05) is 25.1 Å². The van der Waals surface area contributed by atoms with E-state index in [4.69, 9.17) is 4.74 Å². The highest BCUT2D eigenvalue weighted by atomic mass is 16.5. The molecule has 0 bridgehead atoms. The number of hydrogen-bond donors (Lipinski definition) is 1. The second-order valence-corrected chi connectivity index (χ2v) is 7.04. The van der Waals surface area contributed by atoms with Crippen LogP contribution in [0.25, 0.3) is 0 Å². The molecule has 1 aliphatic carbocycles. The molecule has 25 heavy (non-hydrogen) atoms. The van der Waals surface area contributed by atoms with Gasteiger partial charge in [-0.25, -0.2) is 0 Å². The van der Waals surface area contributed by atoms with Gasteiger partial charge in [-0.3, -0.25) is 14.7 Å². The van der Waals surface area contributed by atoms with Crippen molar-refractivity contribution in [3.05, 3.63) is 53.9 Å². The molecule has 2 aliphatic rings.